The molecule has 0 spiro atoms. The molecule has 1 fully saturated rings. The summed E-state index contributed by atoms with van der Waals surface area (Å²) in [4.78, 5) is 24.3. The molecule has 0 aliphatic carbocycles. The van der Waals surface area contributed by atoms with Crippen molar-refractivity contribution in [1.82, 2.24) is 10.2 Å². The Labute approximate surface area is 92.7 Å². The van der Waals surface area contributed by atoms with Gasteiger partial charge in [0.05, 0.1) is 12.3 Å². The van der Waals surface area contributed by atoms with Crippen LogP contribution >= 0.6 is 0 Å². The van der Waals surface area contributed by atoms with E-state index in [4.69, 9.17) is 4.42 Å². The quantitative estimate of drug-likeness (QED) is 0.750. The van der Waals surface area contributed by atoms with Gasteiger partial charge in [-0.3, -0.25) is 9.59 Å². The highest BCUT2D eigenvalue weighted by molar-refractivity contribution is 5.92. The summed E-state index contributed by atoms with van der Waals surface area (Å²) < 4.78 is 4.95. The lowest BCUT2D eigenvalue weighted by Gasteiger charge is -2.38. The lowest BCUT2D eigenvalue weighted by atomic mass is 10.1. The fourth-order valence-corrected chi connectivity index (χ4v) is 1.54. The summed E-state index contributed by atoms with van der Waals surface area (Å²) in [5.41, 5.74) is 0. The molecule has 0 aromatic carbocycles. The van der Waals surface area contributed by atoms with Crippen molar-refractivity contribution in [2.75, 3.05) is 13.1 Å². The number of carbonyl (C=O) groups excluding carboxylic acids is 2. The van der Waals surface area contributed by atoms with Crippen molar-refractivity contribution in [3.05, 3.63) is 36.8 Å². The van der Waals surface area contributed by atoms with Crippen LogP contribution in [-0.4, -0.2) is 35.8 Å². The van der Waals surface area contributed by atoms with Gasteiger partial charge in [0.2, 0.25) is 5.91 Å². The molecule has 1 N–H and O–H groups in total. The van der Waals surface area contributed by atoms with E-state index in [1.807, 2.05) is 0 Å². The SMILES string of the molecule is C=CC(=O)N1CC(NC(=O)c2ccco2)C1. The minimum Gasteiger partial charge on any atom is -0.459 e. The van der Waals surface area contributed by atoms with E-state index in [1.165, 1.54) is 12.3 Å². The zero-order valence-corrected chi connectivity index (χ0v) is 8.68. The monoisotopic (exact) mass is 220 g/mol. The number of nitrogens with zero attached hydrogens (tertiary/aromatic N) is 1. The molecule has 0 atom stereocenters. The molecule has 0 radical (unpaired) electrons. The van der Waals surface area contributed by atoms with Crippen LogP contribution in [0.1, 0.15) is 10.6 Å². The zero-order valence-electron chi connectivity index (χ0n) is 8.68. The second-order valence-electron chi connectivity index (χ2n) is 3.60. The Morgan fingerprint density at radius 2 is 2.31 bits per heavy atom. The van der Waals surface area contributed by atoms with Crippen LogP contribution in [0, 0.1) is 0 Å². The van der Waals surface area contributed by atoms with Crippen LogP contribution in [0.3, 0.4) is 0 Å². The van der Waals surface area contributed by atoms with Gasteiger partial charge in [0.25, 0.3) is 5.91 Å². The first-order valence-corrected chi connectivity index (χ1v) is 4.96. The Hall–Kier alpha value is -2.04. The van der Waals surface area contributed by atoms with E-state index in [0.29, 0.717) is 13.1 Å². The van der Waals surface area contributed by atoms with Crippen LogP contribution in [0.15, 0.2) is 35.5 Å². The van der Waals surface area contributed by atoms with E-state index in [-0.39, 0.29) is 23.6 Å². The third-order valence-electron chi connectivity index (χ3n) is 2.45. The minimum atomic E-state index is -0.249. The molecule has 2 heterocycles. The number of likely N-dealkylation sites (tertiary alicyclic amines) is 1. The van der Waals surface area contributed by atoms with Crippen LogP contribution in [0.25, 0.3) is 0 Å². The van der Waals surface area contributed by atoms with E-state index in [9.17, 15) is 9.59 Å². The number of carbonyl (C=O) groups is 2. The fraction of sp³-hybridized carbons (Fsp3) is 0.273. The average Bonchev–Trinajstić information content (AvgIpc) is 2.74. The van der Waals surface area contributed by atoms with Gasteiger partial charge in [-0.1, -0.05) is 6.58 Å². The Morgan fingerprint density at radius 3 is 2.88 bits per heavy atom. The molecule has 1 aliphatic rings. The minimum absolute atomic E-state index is 0.00139. The topological polar surface area (TPSA) is 62.6 Å². The van der Waals surface area contributed by atoms with Gasteiger partial charge in [-0.25, -0.2) is 0 Å². The number of hydrogen-bond acceptors (Lipinski definition) is 3. The molecule has 5 heteroatoms. The molecule has 2 amide bonds. The molecular weight excluding hydrogens is 208 g/mol. The molecule has 16 heavy (non-hydrogen) atoms. The lowest BCUT2D eigenvalue weighted by molar-refractivity contribution is -0.130. The molecule has 2 rings (SSSR count). The van der Waals surface area contributed by atoms with Crippen LogP contribution in [0.5, 0.6) is 0 Å². The smallest absolute Gasteiger partial charge is 0.287 e. The predicted octanol–water partition coefficient (Wildman–Crippen LogP) is 0.406. The summed E-state index contributed by atoms with van der Waals surface area (Å²) in [7, 11) is 0. The van der Waals surface area contributed by atoms with Crippen LogP contribution in [0.2, 0.25) is 0 Å². The van der Waals surface area contributed by atoms with E-state index in [0.717, 1.165) is 0 Å². The van der Waals surface area contributed by atoms with Crippen molar-refractivity contribution in [2.24, 2.45) is 0 Å². The third kappa shape index (κ3) is 1.98. The van der Waals surface area contributed by atoms with Crippen molar-refractivity contribution >= 4 is 11.8 Å². The molecule has 0 unspecified atom stereocenters. The third-order valence-corrected chi connectivity index (χ3v) is 2.45. The molecule has 0 bridgehead atoms. The van der Waals surface area contributed by atoms with Crippen LogP contribution < -0.4 is 5.32 Å². The normalized spacial score (nSPS) is 15.4. The first-order chi connectivity index (χ1) is 7.70. The Bertz CT molecular complexity index is 405. The maximum absolute atomic E-state index is 11.5. The first-order valence-electron chi connectivity index (χ1n) is 4.96. The van der Waals surface area contributed by atoms with Crippen LogP contribution in [0.4, 0.5) is 0 Å². The fourth-order valence-electron chi connectivity index (χ4n) is 1.54. The van der Waals surface area contributed by atoms with Crippen molar-refractivity contribution in [3.63, 3.8) is 0 Å². The van der Waals surface area contributed by atoms with Crippen molar-refractivity contribution in [3.8, 4) is 0 Å². The molecule has 0 saturated carbocycles. The Balaban J connectivity index is 1.80. The van der Waals surface area contributed by atoms with Gasteiger partial charge in [-0.2, -0.15) is 0 Å². The second kappa shape index (κ2) is 4.22. The van der Waals surface area contributed by atoms with Crippen molar-refractivity contribution in [1.29, 1.82) is 0 Å². The van der Waals surface area contributed by atoms with Gasteiger partial charge in [-0.15, -0.1) is 0 Å². The van der Waals surface area contributed by atoms with Gasteiger partial charge in [0.1, 0.15) is 0 Å². The van der Waals surface area contributed by atoms with Gasteiger partial charge < -0.3 is 14.6 Å². The number of rotatable bonds is 3. The summed E-state index contributed by atoms with van der Waals surface area (Å²) in [5, 5.41) is 2.77. The molecule has 5 nitrogen and oxygen atoms in total. The second-order valence-corrected chi connectivity index (χ2v) is 3.60. The van der Waals surface area contributed by atoms with Crippen LogP contribution in [-0.2, 0) is 4.79 Å². The van der Waals surface area contributed by atoms with E-state index < -0.39 is 0 Å². The molecular formula is C11H12N2O3. The van der Waals surface area contributed by atoms with Gasteiger partial charge in [0, 0.05) is 13.1 Å². The van der Waals surface area contributed by atoms with Gasteiger partial charge >= 0.3 is 0 Å². The number of furan rings is 1. The Kier molecular flexibility index (Phi) is 2.76. The highest BCUT2D eigenvalue weighted by Gasteiger charge is 2.30. The van der Waals surface area contributed by atoms with E-state index in [1.54, 1.807) is 17.0 Å². The molecule has 1 saturated heterocycles. The van der Waals surface area contributed by atoms with Gasteiger partial charge in [-0.05, 0) is 18.2 Å². The zero-order chi connectivity index (χ0) is 11.5. The highest BCUT2D eigenvalue weighted by Crippen LogP contribution is 2.09. The van der Waals surface area contributed by atoms with Gasteiger partial charge in [0.15, 0.2) is 5.76 Å². The average molecular weight is 220 g/mol. The van der Waals surface area contributed by atoms with E-state index >= 15 is 0 Å². The number of amides is 2. The number of hydrogen-bond donors (Lipinski definition) is 1. The molecule has 84 valence electrons. The summed E-state index contributed by atoms with van der Waals surface area (Å²) >= 11 is 0. The summed E-state index contributed by atoms with van der Waals surface area (Å²) in [6, 6.07) is 3.26. The summed E-state index contributed by atoms with van der Waals surface area (Å²) in [6.07, 6.45) is 2.72. The van der Waals surface area contributed by atoms with Crippen molar-refractivity contribution < 1.29 is 14.0 Å². The summed E-state index contributed by atoms with van der Waals surface area (Å²) in [5.74, 6) is -0.0716. The maximum Gasteiger partial charge on any atom is 0.287 e. The lowest BCUT2D eigenvalue weighted by Crippen LogP contribution is -2.60. The Morgan fingerprint density at radius 1 is 1.56 bits per heavy atom. The predicted molar refractivity (Wildman–Crippen MR) is 56.7 cm³/mol. The first kappa shape index (κ1) is 10.5. The molecule has 1 aromatic heterocycles. The summed E-state index contributed by atoms with van der Waals surface area (Å²) in [6.45, 7) is 4.45. The molecule has 1 aromatic rings. The maximum atomic E-state index is 11.5. The van der Waals surface area contributed by atoms with Crippen molar-refractivity contribution in [2.45, 2.75) is 6.04 Å². The largest absolute Gasteiger partial charge is 0.459 e. The number of nitrogens with one attached hydrogen (secondary N) is 1. The standard InChI is InChI=1S/C11H12N2O3/c1-2-10(14)13-6-8(7-13)12-11(15)9-4-3-5-16-9/h2-5,8H,1,6-7H2,(H,12,15). The highest BCUT2D eigenvalue weighted by atomic mass is 16.3. The molecule has 1 aliphatic heterocycles. The van der Waals surface area contributed by atoms with E-state index in [2.05, 4.69) is 11.9 Å².